The molecule has 18 heavy (non-hydrogen) atoms. The fourth-order valence-corrected chi connectivity index (χ4v) is 1.30. The molecule has 0 amide bonds. The summed E-state index contributed by atoms with van der Waals surface area (Å²) in [6, 6.07) is 2.67. The molecule has 9 nitrogen and oxygen atoms in total. The lowest BCUT2D eigenvalue weighted by molar-refractivity contribution is -0.394. The normalized spacial score (nSPS) is 11.1. The van der Waals surface area contributed by atoms with E-state index in [1.807, 2.05) is 0 Å². The molecule has 0 bridgehead atoms. The lowest BCUT2D eigenvalue weighted by Gasteiger charge is -2.02. The second-order valence-electron chi connectivity index (χ2n) is 3.22. The number of non-ortho nitro benzene ring substituents is 1. The topological polar surface area (TPSA) is 136 Å². The van der Waals surface area contributed by atoms with Gasteiger partial charge in [0.2, 0.25) is 0 Å². The Labute approximate surface area is 99.6 Å². The van der Waals surface area contributed by atoms with Crippen LogP contribution in [0.25, 0.3) is 0 Å². The molecule has 1 aromatic rings. The molecular formula is C9H7N3O6. The first-order valence-corrected chi connectivity index (χ1v) is 4.54. The van der Waals surface area contributed by atoms with Gasteiger partial charge in [-0.3, -0.25) is 25.0 Å². The van der Waals surface area contributed by atoms with E-state index in [1.165, 1.54) is 0 Å². The average Bonchev–Trinajstić information content (AvgIpc) is 2.29. The highest BCUT2D eigenvalue weighted by molar-refractivity contribution is 6.46. The van der Waals surface area contributed by atoms with Gasteiger partial charge >= 0.3 is 0 Å². The molecule has 1 rings (SSSR count). The van der Waals surface area contributed by atoms with Gasteiger partial charge in [-0.1, -0.05) is 5.16 Å². The van der Waals surface area contributed by atoms with Crippen molar-refractivity contribution in [1.82, 2.24) is 0 Å². The number of hydrogen-bond acceptors (Lipinski definition) is 7. The number of benzene rings is 1. The van der Waals surface area contributed by atoms with Crippen LogP contribution in [0.5, 0.6) is 0 Å². The predicted molar refractivity (Wildman–Crippen MR) is 58.8 cm³/mol. The Morgan fingerprint density at radius 3 is 2.28 bits per heavy atom. The second kappa shape index (κ2) is 4.99. The van der Waals surface area contributed by atoms with Gasteiger partial charge in [-0.25, -0.2) is 0 Å². The number of ketones is 1. The molecule has 0 atom stereocenters. The summed E-state index contributed by atoms with van der Waals surface area (Å²) in [7, 11) is 0. The van der Waals surface area contributed by atoms with Gasteiger partial charge in [0.25, 0.3) is 11.4 Å². The van der Waals surface area contributed by atoms with E-state index in [0.29, 0.717) is 6.07 Å². The van der Waals surface area contributed by atoms with Gasteiger partial charge in [-0.15, -0.1) is 0 Å². The number of hydrogen-bond donors (Lipinski definition) is 1. The van der Waals surface area contributed by atoms with Gasteiger partial charge in [0.05, 0.1) is 21.5 Å². The number of rotatable bonds is 4. The van der Waals surface area contributed by atoms with Gasteiger partial charge in [0.15, 0.2) is 11.5 Å². The SMILES string of the molecule is CC(=O)/C(=N/O)c1ccc([N+](=O)[O-])cc1[N+](=O)[O-]. The number of carbonyl (C=O) groups excluding carboxylic acids is 1. The Morgan fingerprint density at radius 1 is 1.28 bits per heavy atom. The highest BCUT2D eigenvalue weighted by Crippen LogP contribution is 2.25. The lowest BCUT2D eigenvalue weighted by atomic mass is 10.0. The molecule has 1 aromatic carbocycles. The number of carbonyl (C=O) groups is 1. The zero-order valence-corrected chi connectivity index (χ0v) is 9.06. The standard InChI is InChI=1S/C9H7N3O6/c1-5(13)9(10-14)7-3-2-6(11(15)16)4-8(7)12(17)18/h2-4,14H,1H3/b10-9-. The maximum absolute atomic E-state index is 11.1. The van der Waals surface area contributed by atoms with Crippen LogP contribution in [-0.2, 0) is 4.79 Å². The van der Waals surface area contributed by atoms with Gasteiger partial charge in [-0.2, -0.15) is 0 Å². The molecular weight excluding hydrogens is 246 g/mol. The maximum atomic E-state index is 11.1. The van der Waals surface area contributed by atoms with Crippen molar-refractivity contribution in [1.29, 1.82) is 0 Å². The molecule has 1 N–H and O–H groups in total. The second-order valence-corrected chi connectivity index (χ2v) is 3.22. The van der Waals surface area contributed by atoms with Crippen molar-refractivity contribution in [2.45, 2.75) is 6.92 Å². The Bertz CT molecular complexity index is 565. The number of nitro groups is 2. The molecule has 0 aromatic heterocycles. The van der Waals surface area contributed by atoms with Crippen molar-refractivity contribution in [2.24, 2.45) is 5.16 Å². The Balaban J connectivity index is 3.50. The molecule has 0 saturated carbocycles. The van der Waals surface area contributed by atoms with Crippen molar-refractivity contribution in [2.75, 3.05) is 0 Å². The summed E-state index contributed by atoms with van der Waals surface area (Å²) < 4.78 is 0. The maximum Gasteiger partial charge on any atom is 0.285 e. The van der Waals surface area contributed by atoms with Crippen LogP contribution in [0.2, 0.25) is 0 Å². The van der Waals surface area contributed by atoms with E-state index < -0.39 is 32.7 Å². The highest BCUT2D eigenvalue weighted by Gasteiger charge is 2.25. The summed E-state index contributed by atoms with van der Waals surface area (Å²) in [6.07, 6.45) is 0. The lowest BCUT2D eigenvalue weighted by Crippen LogP contribution is -2.14. The van der Waals surface area contributed by atoms with E-state index in [0.717, 1.165) is 19.1 Å². The van der Waals surface area contributed by atoms with Crippen LogP contribution in [0.1, 0.15) is 12.5 Å². The minimum absolute atomic E-state index is 0.277. The Kier molecular flexibility index (Phi) is 3.67. The molecule has 0 aliphatic heterocycles. The summed E-state index contributed by atoms with van der Waals surface area (Å²) in [5.74, 6) is -0.700. The van der Waals surface area contributed by atoms with Gasteiger partial charge in [0, 0.05) is 13.0 Å². The van der Waals surface area contributed by atoms with Crippen molar-refractivity contribution in [3.05, 3.63) is 44.0 Å². The molecule has 0 aliphatic carbocycles. The first-order valence-electron chi connectivity index (χ1n) is 4.54. The third-order valence-corrected chi connectivity index (χ3v) is 2.08. The Morgan fingerprint density at radius 2 is 1.89 bits per heavy atom. The summed E-state index contributed by atoms with van der Waals surface area (Å²) in [5, 5.41) is 32.6. The van der Waals surface area contributed by atoms with E-state index in [1.54, 1.807) is 0 Å². The van der Waals surface area contributed by atoms with Gasteiger partial charge in [0.1, 0.15) is 0 Å². The zero-order valence-electron chi connectivity index (χ0n) is 9.06. The minimum atomic E-state index is -0.892. The van der Waals surface area contributed by atoms with Crippen LogP contribution < -0.4 is 0 Å². The number of Topliss-reactive ketones (excluding diaryl/α,β-unsaturated/α-hetero) is 1. The first kappa shape index (κ1) is 13.2. The van der Waals surface area contributed by atoms with Gasteiger partial charge < -0.3 is 5.21 Å². The summed E-state index contributed by atoms with van der Waals surface area (Å²) >= 11 is 0. The highest BCUT2D eigenvalue weighted by atomic mass is 16.6. The smallest absolute Gasteiger partial charge is 0.285 e. The molecule has 0 unspecified atom stereocenters. The molecule has 0 spiro atoms. The minimum Gasteiger partial charge on any atom is -0.410 e. The molecule has 0 heterocycles. The summed E-state index contributed by atoms with van der Waals surface area (Å²) in [4.78, 5) is 30.7. The van der Waals surface area contributed by atoms with E-state index in [2.05, 4.69) is 5.16 Å². The van der Waals surface area contributed by atoms with Crippen molar-refractivity contribution < 1.29 is 19.8 Å². The number of oxime groups is 1. The molecule has 0 radical (unpaired) electrons. The molecule has 0 fully saturated rings. The summed E-state index contributed by atoms with van der Waals surface area (Å²) in [5.41, 5.74) is -1.98. The van der Waals surface area contributed by atoms with Crippen LogP contribution in [0.3, 0.4) is 0 Å². The van der Waals surface area contributed by atoms with Crippen molar-refractivity contribution >= 4 is 22.9 Å². The fraction of sp³-hybridized carbons (Fsp3) is 0.111. The van der Waals surface area contributed by atoms with Crippen LogP contribution in [-0.4, -0.2) is 26.5 Å². The van der Waals surface area contributed by atoms with E-state index >= 15 is 0 Å². The van der Waals surface area contributed by atoms with E-state index in [9.17, 15) is 25.0 Å². The third kappa shape index (κ3) is 2.45. The van der Waals surface area contributed by atoms with E-state index in [-0.39, 0.29) is 5.56 Å². The molecule has 94 valence electrons. The van der Waals surface area contributed by atoms with Crippen LogP contribution in [0.4, 0.5) is 11.4 Å². The molecule has 0 saturated heterocycles. The molecule has 9 heteroatoms. The predicted octanol–water partition coefficient (Wildman–Crippen LogP) is 1.27. The fourth-order valence-electron chi connectivity index (χ4n) is 1.30. The first-order chi connectivity index (χ1) is 8.38. The quantitative estimate of drug-likeness (QED) is 0.371. The average molecular weight is 253 g/mol. The third-order valence-electron chi connectivity index (χ3n) is 2.08. The van der Waals surface area contributed by atoms with Crippen LogP contribution in [0.15, 0.2) is 23.4 Å². The number of nitro benzene ring substituents is 2. The monoisotopic (exact) mass is 253 g/mol. The van der Waals surface area contributed by atoms with Crippen molar-refractivity contribution in [3.8, 4) is 0 Å². The van der Waals surface area contributed by atoms with E-state index in [4.69, 9.17) is 5.21 Å². The Hall–Kier alpha value is -2.84. The zero-order chi connectivity index (χ0) is 13.9. The molecule has 0 aliphatic rings. The summed E-state index contributed by atoms with van der Waals surface area (Å²) in [6.45, 7) is 1.06. The van der Waals surface area contributed by atoms with Crippen LogP contribution >= 0.6 is 0 Å². The largest absolute Gasteiger partial charge is 0.410 e. The number of nitrogens with zero attached hydrogens (tertiary/aromatic N) is 3. The van der Waals surface area contributed by atoms with Gasteiger partial charge in [-0.05, 0) is 6.07 Å². The van der Waals surface area contributed by atoms with Crippen molar-refractivity contribution in [3.63, 3.8) is 0 Å². The van der Waals surface area contributed by atoms with Crippen LogP contribution in [0, 0.1) is 20.2 Å².